The lowest BCUT2D eigenvalue weighted by Gasteiger charge is -1.94. The Morgan fingerprint density at radius 1 is 1.78 bits per heavy atom. The molecule has 52 valence electrons. The fraction of sp³-hybridized carbons (Fsp3) is 0.500. The average Bonchev–Trinajstić information content (AvgIpc) is 1.63. The van der Waals surface area contributed by atoms with Crippen molar-refractivity contribution in [2.45, 2.75) is 17.8 Å². The van der Waals surface area contributed by atoms with Crippen molar-refractivity contribution < 1.29 is 4.79 Å². The van der Waals surface area contributed by atoms with Crippen LogP contribution < -0.4 is 5.73 Å². The van der Waals surface area contributed by atoms with Gasteiger partial charge in [0.1, 0.15) is 0 Å². The molecule has 0 aromatic heterocycles. The van der Waals surface area contributed by atoms with Crippen LogP contribution >= 0.6 is 22.6 Å². The van der Waals surface area contributed by atoms with Crippen molar-refractivity contribution in [1.29, 1.82) is 0 Å². The monoisotopic (exact) mass is 239 g/mol. The molecule has 1 atom stereocenters. The summed E-state index contributed by atoms with van der Waals surface area (Å²) in [6.07, 6.45) is 1.84. The van der Waals surface area contributed by atoms with Crippen LogP contribution in [-0.2, 0) is 4.79 Å². The first-order valence-electron chi connectivity index (χ1n) is 2.66. The molecule has 0 fully saturated rings. The SMILES string of the molecule is C/C(=C/C(C)I)C(N)=O. The second-order valence-electron chi connectivity index (χ2n) is 1.89. The van der Waals surface area contributed by atoms with Crippen LogP contribution in [0.4, 0.5) is 0 Å². The number of hydrogen-bond donors (Lipinski definition) is 1. The van der Waals surface area contributed by atoms with E-state index < -0.39 is 0 Å². The van der Waals surface area contributed by atoms with Crippen LogP contribution in [0.15, 0.2) is 11.6 Å². The molecule has 0 spiro atoms. The Bertz CT molecular complexity index is 140. The van der Waals surface area contributed by atoms with Crippen LogP contribution in [0.5, 0.6) is 0 Å². The topological polar surface area (TPSA) is 43.1 Å². The summed E-state index contributed by atoms with van der Waals surface area (Å²) in [4.78, 5) is 10.4. The third-order valence-corrected chi connectivity index (χ3v) is 1.23. The van der Waals surface area contributed by atoms with E-state index in [-0.39, 0.29) is 5.91 Å². The lowest BCUT2D eigenvalue weighted by molar-refractivity contribution is -0.114. The number of hydrogen-bond acceptors (Lipinski definition) is 1. The lowest BCUT2D eigenvalue weighted by atomic mass is 10.2. The number of halogens is 1. The summed E-state index contributed by atoms with van der Waals surface area (Å²) < 4.78 is 0.370. The molecule has 0 bridgehead atoms. The van der Waals surface area contributed by atoms with Gasteiger partial charge in [-0.2, -0.15) is 0 Å². The molecule has 0 aliphatic carbocycles. The summed E-state index contributed by atoms with van der Waals surface area (Å²) in [7, 11) is 0. The van der Waals surface area contributed by atoms with Crippen molar-refractivity contribution in [3.8, 4) is 0 Å². The van der Waals surface area contributed by atoms with Crippen LogP contribution in [0, 0.1) is 0 Å². The van der Waals surface area contributed by atoms with Gasteiger partial charge in [-0.25, -0.2) is 0 Å². The molecule has 0 aliphatic heterocycles. The van der Waals surface area contributed by atoms with Crippen LogP contribution in [0.2, 0.25) is 0 Å². The first-order valence-corrected chi connectivity index (χ1v) is 3.91. The van der Waals surface area contributed by atoms with Crippen molar-refractivity contribution in [2.75, 3.05) is 0 Å². The zero-order chi connectivity index (χ0) is 7.44. The number of amides is 1. The summed E-state index contributed by atoms with van der Waals surface area (Å²) in [5, 5.41) is 0. The van der Waals surface area contributed by atoms with Crippen molar-refractivity contribution in [1.82, 2.24) is 0 Å². The van der Waals surface area contributed by atoms with E-state index in [1.807, 2.05) is 13.0 Å². The maximum absolute atomic E-state index is 10.4. The van der Waals surface area contributed by atoms with Crippen LogP contribution in [0.3, 0.4) is 0 Å². The molecule has 1 unspecified atom stereocenters. The highest BCUT2D eigenvalue weighted by Gasteiger charge is 1.97. The Labute approximate surface area is 68.6 Å². The number of carbonyl (C=O) groups is 1. The van der Waals surface area contributed by atoms with Gasteiger partial charge in [0.05, 0.1) is 0 Å². The molecule has 1 amide bonds. The summed E-state index contributed by atoms with van der Waals surface area (Å²) >= 11 is 2.21. The van der Waals surface area contributed by atoms with Crippen molar-refractivity contribution >= 4 is 28.5 Å². The number of alkyl halides is 1. The van der Waals surface area contributed by atoms with Gasteiger partial charge in [-0.1, -0.05) is 28.7 Å². The van der Waals surface area contributed by atoms with Crippen molar-refractivity contribution in [3.05, 3.63) is 11.6 Å². The first-order chi connectivity index (χ1) is 4.04. The maximum atomic E-state index is 10.4. The Morgan fingerprint density at radius 2 is 2.22 bits per heavy atom. The zero-order valence-electron chi connectivity index (χ0n) is 5.52. The second-order valence-corrected chi connectivity index (χ2v) is 3.86. The first kappa shape index (κ1) is 8.94. The molecule has 0 saturated carbocycles. The van der Waals surface area contributed by atoms with E-state index in [9.17, 15) is 4.79 Å². The van der Waals surface area contributed by atoms with Gasteiger partial charge < -0.3 is 5.73 Å². The van der Waals surface area contributed by atoms with Gasteiger partial charge in [0.25, 0.3) is 0 Å². The van der Waals surface area contributed by atoms with E-state index in [0.29, 0.717) is 9.50 Å². The molecule has 0 saturated heterocycles. The number of allylic oxidation sites excluding steroid dienone is 1. The van der Waals surface area contributed by atoms with E-state index in [1.165, 1.54) is 0 Å². The molecular weight excluding hydrogens is 229 g/mol. The molecule has 0 aromatic carbocycles. The Kier molecular flexibility index (Phi) is 3.84. The van der Waals surface area contributed by atoms with Crippen molar-refractivity contribution in [2.24, 2.45) is 5.73 Å². The summed E-state index contributed by atoms with van der Waals surface area (Å²) in [5.41, 5.74) is 5.61. The molecule has 2 N–H and O–H groups in total. The largest absolute Gasteiger partial charge is 0.366 e. The number of rotatable bonds is 2. The van der Waals surface area contributed by atoms with Gasteiger partial charge in [-0.3, -0.25) is 4.79 Å². The lowest BCUT2D eigenvalue weighted by Crippen LogP contribution is -2.12. The van der Waals surface area contributed by atoms with Crippen LogP contribution in [-0.4, -0.2) is 9.83 Å². The minimum Gasteiger partial charge on any atom is -0.366 e. The van der Waals surface area contributed by atoms with Gasteiger partial charge in [0.15, 0.2) is 0 Å². The highest BCUT2D eigenvalue weighted by molar-refractivity contribution is 14.1. The summed E-state index contributed by atoms with van der Waals surface area (Å²) in [6, 6.07) is 0. The van der Waals surface area contributed by atoms with Gasteiger partial charge in [-0.05, 0) is 13.8 Å². The molecular formula is C6H10INO. The smallest absolute Gasteiger partial charge is 0.244 e. The second kappa shape index (κ2) is 3.87. The molecule has 0 radical (unpaired) electrons. The highest BCUT2D eigenvalue weighted by Crippen LogP contribution is 2.03. The normalized spacial score (nSPS) is 15.2. The molecule has 0 rings (SSSR count). The minimum absolute atomic E-state index is 0.335. The predicted molar refractivity (Wildman–Crippen MR) is 46.4 cm³/mol. The maximum Gasteiger partial charge on any atom is 0.244 e. The van der Waals surface area contributed by atoms with Gasteiger partial charge >= 0.3 is 0 Å². The summed E-state index contributed by atoms with van der Waals surface area (Å²) in [5.74, 6) is -0.335. The standard InChI is InChI=1S/C6H10INO/c1-4(6(8)9)3-5(2)7/h3,5H,1-2H3,(H2,8,9)/b4-3-. The fourth-order valence-corrected chi connectivity index (χ4v) is 0.966. The van der Waals surface area contributed by atoms with Crippen LogP contribution in [0.1, 0.15) is 13.8 Å². The summed E-state index contributed by atoms with van der Waals surface area (Å²) in [6.45, 7) is 3.71. The molecule has 9 heavy (non-hydrogen) atoms. The van der Waals surface area contributed by atoms with Gasteiger partial charge in [-0.15, -0.1) is 0 Å². The predicted octanol–water partition coefficient (Wildman–Crippen LogP) is 1.24. The van der Waals surface area contributed by atoms with E-state index in [0.717, 1.165) is 0 Å². The van der Waals surface area contributed by atoms with Crippen LogP contribution in [0.25, 0.3) is 0 Å². The third kappa shape index (κ3) is 4.44. The quantitative estimate of drug-likeness (QED) is 0.439. The van der Waals surface area contributed by atoms with Crippen molar-refractivity contribution in [3.63, 3.8) is 0 Å². The minimum atomic E-state index is -0.335. The third-order valence-electron chi connectivity index (χ3n) is 0.868. The fourth-order valence-electron chi connectivity index (χ4n) is 0.427. The number of primary amides is 1. The zero-order valence-corrected chi connectivity index (χ0v) is 7.68. The van der Waals surface area contributed by atoms with E-state index in [4.69, 9.17) is 5.73 Å². The number of nitrogens with two attached hydrogens (primary N) is 1. The highest BCUT2D eigenvalue weighted by atomic mass is 127. The number of carbonyl (C=O) groups excluding carboxylic acids is 1. The average molecular weight is 239 g/mol. The Balaban J connectivity index is 4.00. The van der Waals surface area contributed by atoms with Gasteiger partial charge in [0, 0.05) is 9.50 Å². The Hall–Kier alpha value is -0.0600. The van der Waals surface area contributed by atoms with E-state index in [1.54, 1.807) is 6.92 Å². The molecule has 0 aliphatic rings. The van der Waals surface area contributed by atoms with E-state index in [2.05, 4.69) is 22.6 Å². The molecule has 0 aromatic rings. The Morgan fingerprint density at radius 3 is 2.33 bits per heavy atom. The molecule has 0 heterocycles. The molecule has 3 heteroatoms. The van der Waals surface area contributed by atoms with E-state index >= 15 is 0 Å². The molecule has 2 nitrogen and oxygen atoms in total. The van der Waals surface area contributed by atoms with Gasteiger partial charge in [0.2, 0.25) is 5.91 Å².